The smallest absolute Gasteiger partial charge is 0.150 e. The van der Waals surface area contributed by atoms with E-state index < -0.39 is 0 Å². The molecule has 7 heteroatoms. The van der Waals surface area contributed by atoms with E-state index in [0.29, 0.717) is 17.9 Å². The normalized spacial score (nSPS) is 26.6. The van der Waals surface area contributed by atoms with Gasteiger partial charge in [-0.2, -0.15) is 9.61 Å². The first-order chi connectivity index (χ1) is 15.2. The molecule has 4 heterocycles. The molecule has 0 aromatic carbocycles. The largest absolute Gasteiger partial charge is 0.366 e. The van der Waals surface area contributed by atoms with Gasteiger partial charge in [0.2, 0.25) is 0 Å². The Hall–Kier alpha value is -2.41. The zero-order valence-corrected chi connectivity index (χ0v) is 18.0. The minimum absolute atomic E-state index is 0.480. The van der Waals surface area contributed by atoms with Crippen LogP contribution in [0.25, 0.3) is 5.65 Å². The van der Waals surface area contributed by atoms with Gasteiger partial charge in [0.15, 0.2) is 0 Å². The third-order valence-electron chi connectivity index (χ3n) is 7.83. The van der Waals surface area contributed by atoms with Crippen molar-refractivity contribution in [2.45, 2.75) is 57.0 Å². The van der Waals surface area contributed by atoms with Gasteiger partial charge >= 0.3 is 0 Å². The molecule has 2 bridgehead atoms. The van der Waals surface area contributed by atoms with E-state index in [2.05, 4.69) is 32.4 Å². The number of fused-ring (bicyclic) bond motifs is 3. The quantitative estimate of drug-likeness (QED) is 0.654. The van der Waals surface area contributed by atoms with Crippen LogP contribution in [0.3, 0.4) is 0 Å². The maximum absolute atomic E-state index is 6.20. The monoisotopic (exact) mass is 412 g/mol. The first kappa shape index (κ1) is 19.3. The Bertz CT molecular complexity index is 1060. The molecule has 1 unspecified atom stereocenters. The van der Waals surface area contributed by atoms with Crippen molar-refractivity contribution in [3.8, 4) is 0 Å². The fourth-order valence-corrected chi connectivity index (χ4v) is 6.21. The Kier molecular flexibility index (Phi) is 4.94. The second kappa shape index (κ2) is 7.94. The zero-order chi connectivity index (χ0) is 20.8. The van der Waals surface area contributed by atoms with Crippen LogP contribution in [0.15, 0.2) is 36.8 Å². The molecule has 2 radical (unpaired) electrons. The summed E-state index contributed by atoms with van der Waals surface area (Å²) in [6.07, 6.45) is 13.6. The summed E-state index contributed by atoms with van der Waals surface area (Å²) in [6, 6.07) is 7.05. The van der Waals surface area contributed by atoms with Crippen molar-refractivity contribution >= 4 is 24.8 Å². The van der Waals surface area contributed by atoms with Crippen molar-refractivity contribution in [3.05, 3.63) is 48.0 Å². The summed E-state index contributed by atoms with van der Waals surface area (Å²) in [5, 5.41) is 7.97. The van der Waals surface area contributed by atoms with Crippen molar-refractivity contribution in [1.29, 1.82) is 0 Å². The molecule has 31 heavy (non-hydrogen) atoms. The lowest BCUT2D eigenvalue weighted by atomic mass is 9.88. The lowest BCUT2D eigenvalue weighted by molar-refractivity contribution is 0.110. The molecule has 6 nitrogen and oxygen atoms in total. The van der Waals surface area contributed by atoms with Crippen LogP contribution in [0.1, 0.15) is 55.7 Å². The number of pyridine rings is 1. The molecule has 3 aromatic heterocycles. The highest BCUT2D eigenvalue weighted by molar-refractivity contribution is 6.36. The predicted octanol–water partition coefficient (Wildman–Crippen LogP) is 2.90. The highest BCUT2D eigenvalue weighted by Crippen LogP contribution is 2.47. The van der Waals surface area contributed by atoms with Crippen molar-refractivity contribution in [2.24, 2.45) is 11.8 Å². The molecule has 1 aliphatic heterocycles. The first-order valence-electron chi connectivity index (χ1n) is 11.8. The van der Waals surface area contributed by atoms with Crippen molar-refractivity contribution in [2.75, 3.05) is 18.4 Å². The molecule has 3 aromatic rings. The molecular weight excluding hydrogens is 383 g/mol. The molecule has 0 spiro atoms. The number of piperidine rings is 1. The second-order valence-corrected chi connectivity index (χ2v) is 9.67. The van der Waals surface area contributed by atoms with Crippen molar-refractivity contribution in [1.82, 2.24) is 24.5 Å². The van der Waals surface area contributed by atoms with Gasteiger partial charge in [-0.05, 0) is 74.1 Å². The van der Waals surface area contributed by atoms with Crippen LogP contribution >= 0.6 is 0 Å². The summed E-state index contributed by atoms with van der Waals surface area (Å²) >= 11 is 0. The number of rotatable bonds is 5. The molecule has 3 atom stereocenters. The van der Waals surface area contributed by atoms with E-state index in [1.165, 1.54) is 51.6 Å². The maximum atomic E-state index is 6.20. The number of nitrogens with one attached hydrogen (secondary N) is 1. The molecule has 2 saturated carbocycles. The van der Waals surface area contributed by atoms with Crippen LogP contribution in [0.5, 0.6) is 0 Å². The minimum Gasteiger partial charge on any atom is -0.366 e. The van der Waals surface area contributed by atoms with E-state index in [1.54, 1.807) is 12.4 Å². The van der Waals surface area contributed by atoms with Gasteiger partial charge in [-0.1, -0.05) is 12.5 Å². The van der Waals surface area contributed by atoms with Gasteiger partial charge in [-0.15, -0.1) is 0 Å². The van der Waals surface area contributed by atoms with E-state index in [4.69, 9.17) is 12.8 Å². The van der Waals surface area contributed by atoms with Gasteiger partial charge in [0, 0.05) is 48.9 Å². The summed E-state index contributed by atoms with van der Waals surface area (Å²) in [7, 11) is 6.20. The van der Waals surface area contributed by atoms with Crippen LogP contribution in [-0.2, 0) is 6.54 Å². The Labute approximate surface area is 184 Å². The van der Waals surface area contributed by atoms with E-state index in [1.807, 2.05) is 16.8 Å². The standard InChI is InChI=1S/C24H29BN6/c25-20-15-28-31-23(27-14-17-2-1-7-26-13-17)12-21(29-24(20)31)18-5-8-30(9-6-18)22-11-16-3-4-19(22)10-16/h1-2,7,12-13,15-16,18-19,22,27H,3-6,8-11,14H2/t16-,19+,22?/m1/s1. The third-order valence-corrected chi connectivity index (χ3v) is 7.83. The molecule has 158 valence electrons. The topological polar surface area (TPSA) is 58.4 Å². The summed E-state index contributed by atoms with van der Waals surface area (Å²) in [5.74, 6) is 3.39. The molecular formula is C24H29BN6. The molecule has 1 N–H and O–H groups in total. The number of hydrogen-bond donors (Lipinski definition) is 1. The minimum atomic E-state index is 0.480. The van der Waals surface area contributed by atoms with Gasteiger partial charge in [0.05, 0.1) is 0 Å². The third kappa shape index (κ3) is 3.63. The molecule has 0 amide bonds. The maximum Gasteiger partial charge on any atom is 0.150 e. The second-order valence-electron chi connectivity index (χ2n) is 9.67. The summed E-state index contributed by atoms with van der Waals surface area (Å²) in [4.78, 5) is 11.9. The van der Waals surface area contributed by atoms with Crippen molar-refractivity contribution in [3.63, 3.8) is 0 Å². The number of likely N-dealkylation sites (tertiary alicyclic amines) is 1. The lowest BCUT2D eigenvalue weighted by Crippen LogP contribution is -2.43. The van der Waals surface area contributed by atoms with Crippen molar-refractivity contribution < 1.29 is 0 Å². The predicted molar refractivity (Wildman–Crippen MR) is 123 cm³/mol. The first-order valence-corrected chi connectivity index (χ1v) is 11.8. The van der Waals surface area contributed by atoms with Gasteiger partial charge in [0.1, 0.15) is 19.3 Å². The SMILES string of the molecule is [B]c1cnn2c(NCc3cccnc3)cc(C3CCN(C4C[C@@H]5CC[C@H]4C5)CC3)nc12. The van der Waals surface area contributed by atoms with Gasteiger partial charge < -0.3 is 10.2 Å². The highest BCUT2D eigenvalue weighted by atomic mass is 15.3. The number of nitrogens with zero attached hydrogens (tertiary/aromatic N) is 5. The van der Waals surface area contributed by atoms with Crippen LogP contribution in [0.4, 0.5) is 5.82 Å². The number of hydrogen-bond acceptors (Lipinski definition) is 5. The van der Waals surface area contributed by atoms with E-state index >= 15 is 0 Å². The van der Waals surface area contributed by atoms with Gasteiger partial charge in [-0.25, -0.2) is 4.98 Å². The number of anilines is 1. The average molecular weight is 412 g/mol. The van der Waals surface area contributed by atoms with E-state index in [9.17, 15) is 0 Å². The molecule has 1 saturated heterocycles. The summed E-state index contributed by atoms with van der Waals surface area (Å²) in [6.45, 7) is 3.08. The van der Waals surface area contributed by atoms with Crippen LogP contribution in [0.2, 0.25) is 0 Å². The van der Waals surface area contributed by atoms with E-state index in [0.717, 1.165) is 40.6 Å². The Balaban J connectivity index is 1.20. The number of aromatic nitrogens is 4. The molecule has 3 fully saturated rings. The molecule has 2 aliphatic carbocycles. The Morgan fingerprint density at radius 3 is 2.74 bits per heavy atom. The Morgan fingerprint density at radius 2 is 2.00 bits per heavy atom. The van der Waals surface area contributed by atoms with Crippen LogP contribution in [0, 0.1) is 11.8 Å². The van der Waals surface area contributed by atoms with Gasteiger partial charge in [-0.3, -0.25) is 4.98 Å². The summed E-state index contributed by atoms with van der Waals surface area (Å²) < 4.78 is 1.82. The Morgan fingerprint density at radius 1 is 1.10 bits per heavy atom. The molecule has 3 aliphatic rings. The highest BCUT2D eigenvalue weighted by Gasteiger charge is 2.43. The van der Waals surface area contributed by atoms with Crippen LogP contribution < -0.4 is 10.8 Å². The zero-order valence-electron chi connectivity index (χ0n) is 18.0. The van der Waals surface area contributed by atoms with Crippen LogP contribution in [-0.4, -0.2) is 51.5 Å². The molecule has 6 rings (SSSR count). The lowest BCUT2D eigenvalue weighted by Gasteiger charge is -2.39. The fraction of sp³-hybridized carbons (Fsp3) is 0.542. The average Bonchev–Trinajstić information content (AvgIpc) is 3.55. The van der Waals surface area contributed by atoms with Gasteiger partial charge in [0.25, 0.3) is 0 Å². The fourth-order valence-electron chi connectivity index (χ4n) is 6.21. The summed E-state index contributed by atoms with van der Waals surface area (Å²) in [5.41, 5.74) is 3.65. The van der Waals surface area contributed by atoms with E-state index in [-0.39, 0.29) is 0 Å².